The third-order valence-electron chi connectivity index (χ3n) is 2.78. The van der Waals surface area contributed by atoms with Crippen molar-refractivity contribution in [2.75, 3.05) is 6.54 Å². The molecule has 0 aliphatic rings. The van der Waals surface area contributed by atoms with Crippen molar-refractivity contribution in [2.45, 2.75) is 40.2 Å². The molecule has 0 saturated carbocycles. The molecule has 0 unspecified atom stereocenters. The summed E-state index contributed by atoms with van der Waals surface area (Å²) in [6.07, 6.45) is 2.62. The van der Waals surface area contributed by atoms with Gasteiger partial charge in [0.2, 0.25) is 0 Å². The molecule has 1 aromatic rings. The van der Waals surface area contributed by atoms with Crippen molar-refractivity contribution in [3.63, 3.8) is 0 Å². The average Bonchev–Trinajstić information content (AvgIpc) is 2.28. The molecule has 1 amide bonds. The van der Waals surface area contributed by atoms with Gasteiger partial charge >= 0.3 is 0 Å². The Morgan fingerprint density at radius 2 is 2.00 bits per heavy atom. The molecule has 1 aromatic heterocycles. The van der Waals surface area contributed by atoms with Crippen LogP contribution in [0, 0.1) is 5.92 Å². The summed E-state index contributed by atoms with van der Waals surface area (Å²) in [6, 6.07) is 3.37. The molecule has 18 heavy (non-hydrogen) atoms. The second-order valence-electron chi connectivity index (χ2n) is 5.17. The lowest BCUT2D eigenvalue weighted by molar-refractivity contribution is 0.0950. The third-order valence-corrected chi connectivity index (χ3v) is 2.78. The Bertz CT molecular complexity index is 461. The lowest BCUT2D eigenvalue weighted by Gasteiger charge is -2.11. The molecular weight excluding hydrogens is 228 g/mol. The molecule has 100 valence electrons. The van der Waals surface area contributed by atoms with Crippen molar-refractivity contribution in [2.24, 2.45) is 5.92 Å². The Kier molecular flexibility index (Phi) is 5.13. The summed E-state index contributed by atoms with van der Waals surface area (Å²) in [5, 5.41) is 2.78. The van der Waals surface area contributed by atoms with E-state index in [0.717, 1.165) is 6.42 Å². The highest BCUT2D eigenvalue weighted by molar-refractivity contribution is 5.93. The highest BCUT2D eigenvalue weighted by Gasteiger charge is 2.12. The smallest absolute Gasteiger partial charge is 0.263 e. The standard InChI is InChI=1S/C14H22N2O2/c1-10(2)7-8-15-13(17)12-6-5-9-16(11(3)4)14(12)18/h5-6,9-11H,7-8H2,1-4H3,(H,15,17). The largest absolute Gasteiger partial charge is 0.352 e. The molecule has 0 aliphatic heterocycles. The molecule has 0 saturated heterocycles. The van der Waals surface area contributed by atoms with Gasteiger partial charge in [-0.25, -0.2) is 0 Å². The zero-order valence-corrected chi connectivity index (χ0v) is 11.6. The second-order valence-corrected chi connectivity index (χ2v) is 5.17. The van der Waals surface area contributed by atoms with E-state index in [1.54, 1.807) is 22.9 Å². The zero-order valence-electron chi connectivity index (χ0n) is 11.6. The van der Waals surface area contributed by atoms with Crippen molar-refractivity contribution in [1.29, 1.82) is 0 Å². The number of aromatic nitrogens is 1. The van der Waals surface area contributed by atoms with E-state index in [1.807, 2.05) is 13.8 Å². The van der Waals surface area contributed by atoms with E-state index in [0.29, 0.717) is 12.5 Å². The van der Waals surface area contributed by atoms with Gasteiger partial charge in [0, 0.05) is 18.8 Å². The summed E-state index contributed by atoms with van der Waals surface area (Å²) in [5.41, 5.74) is -0.00972. The van der Waals surface area contributed by atoms with Crippen molar-refractivity contribution < 1.29 is 4.79 Å². The Hall–Kier alpha value is -1.58. The van der Waals surface area contributed by atoms with Crippen LogP contribution in [0.2, 0.25) is 0 Å². The molecule has 4 heteroatoms. The van der Waals surface area contributed by atoms with Gasteiger partial charge in [-0.3, -0.25) is 9.59 Å². The SMILES string of the molecule is CC(C)CCNC(=O)c1cccn(C(C)C)c1=O. The third kappa shape index (κ3) is 3.72. The highest BCUT2D eigenvalue weighted by atomic mass is 16.2. The molecule has 0 bridgehead atoms. The minimum Gasteiger partial charge on any atom is -0.352 e. The maximum Gasteiger partial charge on any atom is 0.263 e. The lowest BCUT2D eigenvalue weighted by atomic mass is 10.1. The zero-order chi connectivity index (χ0) is 13.7. The van der Waals surface area contributed by atoms with E-state index in [-0.39, 0.29) is 23.1 Å². The van der Waals surface area contributed by atoms with E-state index >= 15 is 0 Å². The first-order chi connectivity index (χ1) is 8.43. The first-order valence-corrected chi connectivity index (χ1v) is 6.42. The van der Waals surface area contributed by atoms with Crippen LogP contribution in [0.5, 0.6) is 0 Å². The second kappa shape index (κ2) is 6.38. The minimum atomic E-state index is -0.282. The molecule has 1 rings (SSSR count). The molecular formula is C14H22N2O2. The maximum atomic E-state index is 12.1. The fraction of sp³-hybridized carbons (Fsp3) is 0.571. The molecule has 1 N–H and O–H groups in total. The van der Waals surface area contributed by atoms with Crippen molar-refractivity contribution in [3.8, 4) is 0 Å². The summed E-state index contributed by atoms with van der Waals surface area (Å²) in [5.74, 6) is 0.254. The van der Waals surface area contributed by atoms with Crippen LogP contribution in [-0.2, 0) is 0 Å². The number of rotatable bonds is 5. The van der Waals surface area contributed by atoms with Crippen LogP contribution in [0.15, 0.2) is 23.1 Å². The van der Waals surface area contributed by atoms with Gasteiger partial charge in [-0.15, -0.1) is 0 Å². The lowest BCUT2D eigenvalue weighted by Crippen LogP contribution is -2.34. The van der Waals surface area contributed by atoms with Crippen molar-refractivity contribution >= 4 is 5.91 Å². The van der Waals surface area contributed by atoms with Gasteiger partial charge in [-0.2, -0.15) is 0 Å². The first kappa shape index (κ1) is 14.5. The highest BCUT2D eigenvalue weighted by Crippen LogP contribution is 2.01. The van der Waals surface area contributed by atoms with Crippen LogP contribution in [0.3, 0.4) is 0 Å². The van der Waals surface area contributed by atoms with Crippen LogP contribution >= 0.6 is 0 Å². The normalized spacial score (nSPS) is 11.0. The number of hydrogen-bond donors (Lipinski definition) is 1. The number of carbonyl (C=O) groups excluding carboxylic acids is 1. The molecule has 0 atom stereocenters. The molecule has 0 aliphatic carbocycles. The quantitative estimate of drug-likeness (QED) is 0.871. The fourth-order valence-corrected chi connectivity index (χ4v) is 1.66. The van der Waals surface area contributed by atoms with Gasteiger partial charge in [0.05, 0.1) is 0 Å². The van der Waals surface area contributed by atoms with Crippen LogP contribution < -0.4 is 10.9 Å². The molecule has 1 heterocycles. The maximum absolute atomic E-state index is 12.1. The molecule has 4 nitrogen and oxygen atoms in total. The molecule has 0 radical (unpaired) electrons. The summed E-state index contributed by atoms with van der Waals surface area (Å²) in [7, 11) is 0. The molecule has 0 aromatic carbocycles. The fourth-order valence-electron chi connectivity index (χ4n) is 1.66. The molecule has 0 fully saturated rings. The average molecular weight is 250 g/mol. The minimum absolute atomic E-state index is 0.0564. The van der Waals surface area contributed by atoms with Gasteiger partial charge in [0.25, 0.3) is 11.5 Å². The summed E-state index contributed by atoms with van der Waals surface area (Å²) < 4.78 is 1.57. The number of nitrogens with one attached hydrogen (secondary N) is 1. The predicted molar refractivity (Wildman–Crippen MR) is 72.9 cm³/mol. The number of nitrogens with zero attached hydrogens (tertiary/aromatic N) is 1. The summed E-state index contributed by atoms with van der Waals surface area (Å²) in [6.45, 7) is 8.64. The van der Waals surface area contributed by atoms with Crippen molar-refractivity contribution in [1.82, 2.24) is 9.88 Å². The number of amides is 1. The van der Waals surface area contributed by atoms with E-state index < -0.39 is 0 Å². The first-order valence-electron chi connectivity index (χ1n) is 6.42. The Balaban J connectivity index is 2.81. The summed E-state index contributed by atoms with van der Waals surface area (Å²) >= 11 is 0. The molecule has 0 spiro atoms. The predicted octanol–water partition coefficient (Wildman–Crippen LogP) is 2.21. The van der Waals surface area contributed by atoms with Gasteiger partial charge in [0.1, 0.15) is 5.56 Å². The summed E-state index contributed by atoms with van der Waals surface area (Å²) in [4.78, 5) is 23.9. The topological polar surface area (TPSA) is 51.1 Å². The van der Waals surface area contributed by atoms with E-state index in [1.165, 1.54) is 0 Å². The van der Waals surface area contributed by atoms with Crippen LogP contribution in [0.25, 0.3) is 0 Å². The Labute approximate surface area is 108 Å². The van der Waals surface area contributed by atoms with E-state index in [4.69, 9.17) is 0 Å². The van der Waals surface area contributed by atoms with Crippen LogP contribution in [0.4, 0.5) is 0 Å². The Morgan fingerprint density at radius 3 is 2.56 bits per heavy atom. The number of hydrogen-bond acceptors (Lipinski definition) is 2. The van der Waals surface area contributed by atoms with Gasteiger partial charge < -0.3 is 9.88 Å². The van der Waals surface area contributed by atoms with E-state index in [2.05, 4.69) is 19.2 Å². The van der Waals surface area contributed by atoms with Gasteiger partial charge in [-0.1, -0.05) is 13.8 Å². The number of pyridine rings is 1. The van der Waals surface area contributed by atoms with Crippen molar-refractivity contribution in [3.05, 3.63) is 34.2 Å². The monoisotopic (exact) mass is 250 g/mol. The van der Waals surface area contributed by atoms with E-state index in [9.17, 15) is 9.59 Å². The van der Waals surface area contributed by atoms with Gasteiger partial charge in [-0.05, 0) is 38.3 Å². The van der Waals surface area contributed by atoms with Crippen LogP contribution in [0.1, 0.15) is 50.5 Å². The Morgan fingerprint density at radius 1 is 1.33 bits per heavy atom. The van der Waals surface area contributed by atoms with Crippen LogP contribution in [-0.4, -0.2) is 17.0 Å². The van der Waals surface area contributed by atoms with Gasteiger partial charge in [0.15, 0.2) is 0 Å². The number of carbonyl (C=O) groups is 1.